The molecular weight excluding hydrogens is 242 g/mol. The Morgan fingerprint density at radius 3 is 2.58 bits per heavy atom. The number of carboxylic acid groups (broad SMARTS) is 1. The average molecular weight is 265 g/mol. The van der Waals surface area contributed by atoms with E-state index in [1.54, 1.807) is 0 Å². The molecule has 1 aliphatic carbocycles. The molecule has 0 atom stereocenters. The predicted molar refractivity (Wildman–Crippen MR) is 74.6 cm³/mol. The Morgan fingerprint density at radius 1 is 1.32 bits per heavy atom. The summed E-state index contributed by atoms with van der Waals surface area (Å²) in [4.78, 5) is 24.4. The largest absolute Gasteiger partial charge is 0.481 e. The van der Waals surface area contributed by atoms with Crippen molar-refractivity contribution < 1.29 is 14.7 Å². The van der Waals surface area contributed by atoms with Gasteiger partial charge in [-0.05, 0) is 45.1 Å². The van der Waals surface area contributed by atoms with Crippen LogP contribution in [0, 0.1) is 0 Å². The van der Waals surface area contributed by atoms with Crippen molar-refractivity contribution in [3.63, 3.8) is 0 Å². The zero-order valence-electron chi connectivity index (χ0n) is 11.8. The van der Waals surface area contributed by atoms with Crippen LogP contribution in [0.4, 0.5) is 0 Å². The van der Waals surface area contributed by atoms with Crippen LogP contribution in [0.2, 0.25) is 0 Å². The summed E-state index contributed by atoms with van der Waals surface area (Å²) in [5, 5.41) is 8.56. The number of allylic oxidation sites excluding steroid dienone is 4. The molecule has 0 saturated heterocycles. The Balaban J connectivity index is 2.52. The highest BCUT2D eigenvalue weighted by molar-refractivity contribution is 5.78. The van der Waals surface area contributed by atoms with E-state index in [1.165, 1.54) is 0 Å². The lowest BCUT2D eigenvalue weighted by Gasteiger charge is -2.27. The summed E-state index contributed by atoms with van der Waals surface area (Å²) in [5.41, 5.74) is 2.28. The number of amides is 1. The molecule has 0 fully saturated rings. The first-order valence-corrected chi connectivity index (χ1v) is 6.94. The third-order valence-corrected chi connectivity index (χ3v) is 3.35. The Labute approximate surface area is 114 Å². The van der Waals surface area contributed by atoms with Gasteiger partial charge in [-0.25, -0.2) is 0 Å². The van der Waals surface area contributed by atoms with Crippen LogP contribution in [0.5, 0.6) is 0 Å². The maximum atomic E-state index is 12.2. The van der Waals surface area contributed by atoms with Gasteiger partial charge in [-0.2, -0.15) is 0 Å². The molecule has 1 rings (SSSR count). The van der Waals surface area contributed by atoms with E-state index in [2.05, 4.69) is 12.2 Å². The second-order valence-electron chi connectivity index (χ2n) is 4.81. The van der Waals surface area contributed by atoms with Gasteiger partial charge in [0, 0.05) is 25.1 Å². The van der Waals surface area contributed by atoms with Gasteiger partial charge in [-0.3, -0.25) is 9.59 Å². The monoisotopic (exact) mass is 265 g/mol. The fourth-order valence-electron chi connectivity index (χ4n) is 2.33. The molecule has 0 radical (unpaired) electrons. The molecule has 19 heavy (non-hydrogen) atoms. The fourth-order valence-corrected chi connectivity index (χ4v) is 2.33. The van der Waals surface area contributed by atoms with Crippen LogP contribution in [0.3, 0.4) is 0 Å². The second-order valence-corrected chi connectivity index (χ2v) is 4.81. The first-order chi connectivity index (χ1) is 9.06. The zero-order valence-corrected chi connectivity index (χ0v) is 11.8. The fraction of sp³-hybridized carbons (Fsp3) is 0.600. The van der Waals surface area contributed by atoms with Gasteiger partial charge < -0.3 is 10.0 Å². The molecule has 1 amide bonds. The van der Waals surface area contributed by atoms with Crippen molar-refractivity contribution >= 4 is 11.9 Å². The minimum atomic E-state index is -0.796. The van der Waals surface area contributed by atoms with Crippen molar-refractivity contribution in [2.24, 2.45) is 0 Å². The lowest BCUT2D eigenvalue weighted by Crippen LogP contribution is -2.31. The maximum absolute atomic E-state index is 12.2. The smallest absolute Gasteiger partial charge is 0.303 e. The standard InChI is InChI=1S/C15H23NO3/c1-3-16(13-9-5-4-8-12(13)2)14(17)10-6-7-11-15(18)19/h4,8H,3,5-7,9-11H2,1-2H3,(H,18,19). The summed E-state index contributed by atoms with van der Waals surface area (Å²) in [7, 11) is 0. The number of hydrogen-bond acceptors (Lipinski definition) is 2. The summed E-state index contributed by atoms with van der Waals surface area (Å²) in [6.45, 7) is 4.69. The number of carbonyl (C=O) groups is 2. The average Bonchev–Trinajstić information content (AvgIpc) is 2.37. The lowest BCUT2D eigenvalue weighted by molar-refractivity contribution is -0.137. The van der Waals surface area contributed by atoms with E-state index in [-0.39, 0.29) is 12.3 Å². The summed E-state index contributed by atoms with van der Waals surface area (Å²) in [6, 6.07) is 0. The number of unbranched alkanes of at least 4 members (excludes halogenated alkanes) is 1. The molecule has 0 unspecified atom stereocenters. The molecular formula is C15H23NO3. The van der Waals surface area contributed by atoms with Crippen LogP contribution in [-0.2, 0) is 9.59 Å². The molecule has 0 heterocycles. The Bertz CT molecular complexity index is 396. The van der Waals surface area contributed by atoms with Gasteiger partial charge >= 0.3 is 5.97 Å². The van der Waals surface area contributed by atoms with E-state index < -0.39 is 5.97 Å². The molecule has 4 nitrogen and oxygen atoms in total. The molecule has 0 aliphatic heterocycles. The number of hydrogen-bond donors (Lipinski definition) is 1. The van der Waals surface area contributed by atoms with Gasteiger partial charge in [0.25, 0.3) is 0 Å². The van der Waals surface area contributed by atoms with Gasteiger partial charge in [0.15, 0.2) is 0 Å². The first-order valence-electron chi connectivity index (χ1n) is 6.94. The van der Waals surface area contributed by atoms with Gasteiger partial charge in [-0.15, -0.1) is 0 Å². The highest BCUT2D eigenvalue weighted by Gasteiger charge is 2.18. The molecule has 106 valence electrons. The number of rotatable bonds is 7. The SMILES string of the molecule is CCN(C(=O)CCCCC(=O)O)C1=C(C)C=CCC1. The van der Waals surface area contributed by atoms with Crippen LogP contribution in [-0.4, -0.2) is 28.4 Å². The number of nitrogens with zero attached hydrogens (tertiary/aromatic N) is 1. The van der Waals surface area contributed by atoms with Crippen molar-refractivity contribution in [3.05, 3.63) is 23.4 Å². The third kappa shape index (κ3) is 4.89. The van der Waals surface area contributed by atoms with Crippen LogP contribution < -0.4 is 0 Å². The molecule has 1 aliphatic rings. The van der Waals surface area contributed by atoms with Gasteiger partial charge in [-0.1, -0.05) is 12.2 Å². The van der Waals surface area contributed by atoms with Gasteiger partial charge in [0.05, 0.1) is 0 Å². The first kappa shape index (κ1) is 15.5. The van der Waals surface area contributed by atoms with Crippen molar-refractivity contribution in [3.8, 4) is 0 Å². The molecule has 1 N–H and O–H groups in total. The maximum Gasteiger partial charge on any atom is 0.303 e. The van der Waals surface area contributed by atoms with Crippen molar-refractivity contribution in [2.75, 3.05) is 6.54 Å². The highest BCUT2D eigenvalue weighted by Crippen LogP contribution is 2.23. The van der Waals surface area contributed by atoms with Crippen molar-refractivity contribution in [2.45, 2.75) is 52.4 Å². The van der Waals surface area contributed by atoms with E-state index in [1.807, 2.05) is 18.7 Å². The summed E-state index contributed by atoms with van der Waals surface area (Å²) < 4.78 is 0. The summed E-state index contributed by atoms with van der Waals surface area (Å²) >= 11 is 0. The molecule has 0 aromatic carbocycles. The van der Waals surface area contributed by atoms with E-state index in [4.69, 9.17) is 5.11 Å². The van der Waals surface area contributed by atoms with Crippen molar-refractivity contribution in [1.82, 2.24) is 4.90 Å². The summed E-state index contributed by atoms with van der Waals surface area (Å²) in [5.74, 6) is -0.687. The van der Waals surface area contributed by atoms with Crippen LogP contribution in [0.1, 0.15) is 52.4 Å². The zero-order chi connectivity index (χ0) is 14.3. The molecule has 0 aromatic heterocycles. The number of carboxylic acids is 1. The van der Waals surface area contributed by atoms with E-state index in [0.29, 0.717) is 25.8 Å². The quantitative estimate of drug-likeness (QED) is 0.720. The van der Waals surface area contributed by atoms with Crippen LogP contribution >= 0.6 is 0 Å². The van der Waals surface area contributed by atoms with Crippen molar-refractivity contribution in [1.29, 1.82) is 0 Å². The predicted octanol–water partition coefficient (Wildman–Crippen LogP) is 3.10. The molecule has 0 aromatic rings. The third-order valence-electron chi connectivity index (χ3n) is 3.35. The lowest BCUT2D eigenvalue weighted by atomic mass is 10.0. The van der Waals surface area contributed by atoms with E-state index >= 15 is 0 Å². The van der Waals surface area contributed by atoms with Crippen LogP contribution in [0.25, 0.3) is 0 Å². The molecule has 0 bridgehead atoms. The minimum absolute atomic E-state index is 0.109. The number of aliphatic carboxylic acids is 1. The highest BCUT2D eigenvalue weighted by atomic mass is 16.4. The Hall–Kier alpha value is -1.58. The second kappa shape index (κ2) is 7.77. The molecule has 0 saturated carbocycles. The van der Waals surface area contributed by atoms with Gasteiger partial charge in [0.2, 0.25) is 5.91 Å². The Kier molecular flexibility index (Phi) is 6.33. The van der Waals surface area contributed by atoms with Gasteiger partial charge in [0.1, 0.15) is 0 Å². The topological polar surface area (TPSA) is 57.6 Å². The minimum Gasteiger partial charge on any atom is -0.481 e. The van der Waals surface area contributed by atoms with Crippen LogP contribution in [0.15, 0.2) is 23.4 Å². The number of carbonyl (C=O) groups excluding carboxylic acids is 1. The molecule has 4 heteroatoms. The Morgan fingerprint density at radius 2 is 2.00 bits per heavy atom. The van der Waals surface area contributed by atoms with E-state index in [0.717, 1.165) is 24.1 Å². The normalized spacial score (nSPS) is 14.6. The van der Waals surface area contributed by atoms with E-state index in [9.17, 15) is 9.59 Å². The molecule has 0 spiro atoms. The summed E-state index contributed by atoms with van der Waals surface area (Å²) in [6.07, 6.45) is 7.88.